The molecule has 2 aromatic heterocycles. The van der Waals surface area contributed by atoms with Crippen LogP contribution in [0.1, 0.15) is 16.7 Å². The molecule has 0 atom stereocenters. The number of nitrogens with zero attached hydrogens (tertiary/aromatic N) is 2. The molecule has 0 N–H and O–H groups in total. The third-order valence-corrected chi connectivity index (χ3v) is 5.81. The highest BCUT2D eigenvalue weighted by Gasteiger charge is 2.23. The molecule has 3 nitrogen and oxygen atoms in total. The van der Waals surface area contributed by atoms with Gasteiger partial charge in [-0.05, 0) is 42.7 Å². The van der Waals surface area contributed by atoms with Gasteiger partial charge < -0.3 is 4.42 Å². The minimum absolute atomic E-state index is 0.660. The molecule has 0 fully saturated rings. The zero-order valence-electron chi connectivity index (χ0n) is 17.2. The Balaban J connectivity index is 1.94. The number of nitriles is 1. The van der Waals surface area contributed by atoms with Crippen LogP contribution in [0.4, 0.5) is 0 Å². The lowest BCUT2D eigenvalue weighted by molar-refractivity contribution is -0.660. The number of furan rings is 1. The van der Waals surface area contributed by atoms with Crippen molar-refractivity contribution in [2.24, 2.45) is 7.05 Å². The molecular formula is C27H21N2O+. The Hall–Kier alpha value is -3.90. The molecule has 0 amide bonds. The Bertz CT molecular complexity index is 1470. The van der Waals surface area contributed by atoms with Gasteiger partial charge in [0.2, 0.25) is 5.69 Å². The van der Waals surface area contributed by atoms with Gasteiger partial charge in [0.05, 0.1) is 11.1 Å². The highest BCUT2D eigenvalue weighted by Crippen LogP contribution is 2.42. The van der Waals surface area contributed by atoms with Gasteiger partial charge >= 0.3 is 0 Å². The molecule has 3 aromatic carbocycles. The number of benzene rings is 3. The summed E-state index contributed by atoms with van der Waals surface area (Å²) in [5.74, 6) is 0. The van der Waals surface area contributed by atoms with E-state index in [9.17, 15) is 5.26 Å². The molecule has 30 heavy (non-hydrogen) atoms. The second-order valence-corrected chi connectivity index (χ2v) is 7.73. The second kappa shape index (κ2) is 6.86. The van der Waals surface area contributed by atoms with Crippen LogP contribution in [0.25, 0.3) is 44.3 Å². The maximum absolute atomic E-state index is 10.1. The average molecular weight is 389 g/mol. The van der Waals surface area contributed by atoms with Crippen LogP contribution in [0.3, 0.4) is 0 Å². The number of rotatable bonds is 2. The van der Waals surface area contributed by atoms with Gasteiger partial charge in [-0.15, -0.1) is 0 Å². The lowest BCUT2D eigenvalue weighted by Gasteiger charge is -2.08. The average Bonchev–Trinajstić information content (AvgIpc) is 3.15. The molecule has 0 aliphatic heterocycles. The summed E-state index contributed by atoms with van der Waals surface area (Å²) in [6, 6.07) is 25.0. The molecule has 0 unspecified atom stereocenters. The SMILES string of the molecule is Cc1ccc2c(oc3c(C)cc(-c4ccccc4)c(C#N)c32)c1-c1cccc[n+]1C. The molecule has 0 aliphatic carbocycles. The Labute approximate surface area is 175 Å². The van der Waals surface area contributed by atoms with Crippen LogP contribution < -0.4 is 4.57 Å². The second-order valence-electron chi connectivity index (χ2n) is 7.73. The van der Waals surface area contributed by atoms with Crippen molar-refractivity contribution < 1.29 is 8.98 Å². The zero-order valence-corrected chi connectivity index (χ0v) is 17.2. The highest BCUT2D eigenvalue weighted by molar-refractivity contribution is 6.14. The Kier molecular flexibility index (Phi) is 4.15. The Morgan fingerprint density at radius 1 is 0.867 bits per heavy atom. The number of pyridine rings is 1. The normalized spacial score (nSPS) is 11.1. The molecule has 0 radical (unpaired) electrons. The molecule has 2 heterocycles. The summed E-state index contributed by atoms with van der Waals surface area (Å²) in [5.41, 5.74) is 8.57. The Morgan fingerprint density at radius 2 is 1.63 bits per heavy atom. The molecule has 0 aliphatic rings. The molecule has 0 saturated carbocycles. The maximum atomic E-state index is 10.1. The first-order chi connectivity index (χ1) is 14.6. The van der Waals surface area contributed by atoms with Crippen LogP contribution in [0.2, 0.25) is 0 Å². The van der Waals surface area contributed by atoms with Crippen LogP contribution in [0.5, 0.6) is 0 Å². The van der Waals surface area contributed by atoms with E-state index in [4.69, 9.17) is 4.42 Å². The third-order valence-electron chi connectivity index (χ3n) is 5.81. The predicted octanol–water partition coefficient (Wildman–Crippen LogP) is 6.23. The molecular weight excluding hydrogens is 368 g/mol. The molecule has 3 heteroatoms. The van der Waals surface area contributed by atoms with E-state index < -0.39 is 0 Å². The first kappa shape index (κ1) is 18.1. The predicted molar refractivity (Wildman–Crippen MR) is 120 cm³/mol. The molecule has 0 saturated heterocycles. The monoisotopic (exact) mass is 389 g/mol. The number of fused-ring (bicyclic) bond motifs is 3. The Morgan fingerprint density at radius 3 is 2.37 bits per heavy atom. The van der Waals surface area contributed by atoms with Gasteiger partial charge in [0.15, 0.2) is 6.20 Å². The first-order valence-corrected chi connectivity index (χ1v) is 10.00. The fraction of sp³-hybridized carbons (Fsp3) is 0.111. The zero-order chi connectivity index (χ0) is 20.8. The standard InChI is InChI=1S/C27H21N2O/c1-17-12-13-20-25-22(16-28)21(19-9-5-4-6-10-19)15-18(2)26(25)30-27(20)24(17)23-11-7-8-14-29(23)3/h4-15H,1-3H3/q+1. The van der Waals surface area contributed by atoms with E-state index >= 15 is 0 Å². The first-order valence-electron chi connectivity index (χ1n) is 10.00. The van der Waals surface area contributed by atoms with E-state index in [1.807, 2.05) is 62.6 Å². The lowest BCUT2D eigenvalue weighted by atomic mass is 9.93. The summed E-state index contributed by atoms with van der Waals surface area (Å²) < 4.78 is 8.57. The van der Waals surface area contributed by atoms with E-state index in [0.717, 1.165) is 55.4 Å². The number of hydrogen-bond donors (Lipinski definition) is 0. The number of hydrogen-bond acceptors (Lipinski definition) is 2. The summed E-state index contributed by atoms with van der Waals surface area (Å²) in [6.45, 7) is 4.15. The van der Waals surface area contributed by atoms with Crippen molar-refractivity contribution in [2.75, 3.05) is 0 Å². The van der Waals surface area contributed by atoms with Gasteiger partial charge in [0, 0.05) is 28.5 Å². The summed E-state index contributed by atoms with van der Waals surface area (Å²) >= 11 is 0. The van der Waals surface area contributed by atoms with Crippen molar-refractivity contribution in [1.29, 1.82) is 5.26 Å². The van der Waals surface area contributed by atoms with Crippen molar-refractivity contribution in [1.82, 2.24) is 0 Å². The lowest BCUT2D eigenvalue weighted by Crippen LogP contribution is -2.30. The van der Waals surface area contributed by atoms with Gasteiger partial charge in [-0.25, -0.2) is 4.57 Å². The van der Waals surface area contributed by atoms with Gasteiger partial charge in [0.25, 0.3) is 0 Å². The van der Waals surface area contributed by atoms with Gasteiger partial charge in [-0.2, -0.15) is 5.26 Å². The van der Waals surface area contributed by atoms with E-state index in [1.54, 1.807) is 0 Å². The molecule has 0 bridgehead atoms. The topological polar surface area (TPSA) is 40.8 Å². The summed E-state index contributed by atoms with van der Waals surface area (Å²) in [7, 11) is 2.04. The minimum Gasteiger partial charge on any atom is -0.455 e. The van der Waals surface area contributed by atoms with E-state index in [1.165, 1.54) is 0 Å². The molecule has 0 spiro atoms. The smallest absolute Gasteiger partial charge is 0.216 e. The summed E-state index contributed by atoms with van der Waals surface area (Å²) in [4.78, 5) is 0. The molecule has 144 valence electrons. The van der Waals surface area contributed by atoms with Crippen LogP contribution in [0, 0.1) is 25.2 Å². The molecule has 5 rings (SSSR count). The maximum Gasteiger partial charge on any atom is 0.216 e. The van der Waals surface area contributed by atoms with Crippen molar-refractivity contribution in [2.45, 2.75) is 13.8 Å². The van der Waals surface area contributed by atoms with E-state index in [0.29, 0.717) is 5.56 Å². The van der Waals surface area contributed by atoms with Crippen LogP contribution in [-0.2, 0) is 7.05 Å². The largest absolute Gasteiger partial charge is 0.455 e. The van der Waals surface area contributed by atoms with Crippen molar-refractivity contribution in [3.05, 3.63) is 89.6 Å². The van der Waals surface area contributed by atoms with Crippen molar-refractivity contribution >= 4 is 21.9 Å². The van der Waals surface area contributed by atoms with Gasteiger partial charge in [-0.1, -0.05) is 42.5 Å². The van der Waals surface area contributed by atoms with Crippen molar-refractivity contribution in [3.8, 4) is 28.5 Å². The molecule has 5 aromatic rings. The highest BCUT2D eigenvalue weighted by atomic mass is 16.3. The minimum atomic E-state index is 0.660. The van der Waals surface area contributed by atoms with E-state index in [2.05, 4.69) is 41.8 Å². The van der Waals surface area contributed by atoms with Gasteiger partial charge in [-0.3, -0.25) is 0 Å². The van der Waals surface area contributed by atoms with Crippen LogP contribution in [-0.4, -0.2) is 0 Å². The van der Waals surface area contributed by atoms with Gasteiger partial charge in [0.1, 0.15) is 24.3 Å². The quantitative estimate of drug-likeness (QED) is 0.336. The van der Waals surface area contributed by atoms with Crippen LogP contribution in [0.15, 0.2) is 77.3 Å². The summed E-state index contributed by atoms with van der Waals surface area (Å²) in [6.07, 6.45) is 2.04. The fourth-order valence-corrected chi connectivity index (χ4v) is 4.34. The van der Waals surface area contributed by atoms with Crippen LogP contribution >= 0.6 is 0 Å². The fourth-order valence-electron chi connectivity index (χ4n) is 4.34. The van der Waals surface area contributed by atoms with E-state index in [-0.39, 0.29) is 0 Å². The van der Waals surface area contributed by atoms with Crippen molar-refractivity contribution in [3.63, 3.8) is 0 Å². The number of aryl methyl sites for hydroxylation is 3. The summed E-state index contributed by atoms with van der Waals surface area (Å²) in [5, 5.41) is 12.0. The number of aromatic nitrogens is 1. The third kappa shape index (κ3) is 2.62.